The molecule has 0 saturated carbocycles. The van der Waals surface area contributed by atoms with Crippen molar-refractivity contribution in [1.29, 1.82) is 0 Å². The number of hydrogen-bond acceptors (Lipinski definition) is 5. The molecule has 0 bridgehead atoms. The van der Waals surface area contributed by atoms with Gasteiger partial charge in [0, 0.05) is 13.0 Å². The van der Waals surface area contributed by atoms with Gasteiger partial charge in [-0.05, 0) is 19.1 Å². The van der Waals surface area contributed by atoms with Crippen LogP contribution in [0.25, 0.3) is 0 Å². The minimum absolute atomic E-state index is 0.0435. The van der Waals surface area contributed by atoms with Gasteiger partial charge in [-0.25, -0.2) is 9.78 Å². The molecule has 1 heterocycles. The topological polar surface area (TPSA) is 102 Å². The third kappa shape index (κ3) is 3.02. The van der Waals surface area contributed by atoms with E-state index in [9.17, 15) is 9.59 Å². The standard InChI is InChI=1S/C14H14N2O5/c1-7-12(21-8(2)15-7)13(17)16-11-6-9(20-3)4-5-10(11)14(18)19/h4-6H,1-3H3,(H,16,17)(H,18,19). The first-order valence-corrected chi connectivity index (χ1v) is 6.09. The predicted molar refractivity (Wildman–Crippen MR) is 73.9 cm³/mol. The summed E-state index contributed by atoms with van der Waals surface area (Å²) < 4.78 is 10.2. The van der Waals surface area contributed by atoms with Gasteiger partial charge in [0.25, 0.3) is 5.91 Å². The van der Waals surface area contributed by atoms with Crippen LogP contribution in [0.2, 0.25) is 0 Å². The lowest BCUT2D eigenvalue weighted by Crippen LogP contribution is -2.15. The highest BCUT2D eigenvalue weighted by atomic mass is 16.5. The average molecular weight is 290 g/mol. The van der Waals surface area contributed by atoms with Crippen LogP contribution < -0.4 is 10.1 Å². The lowest BCUT2D eigenvalue weighted by molar-refractivity contribution is 0.0698. The molecule has 0 aliphatic carbocycles. The van der Waals surface area contributed by atoms with Crippen LogP contribution in [-0.4, -0.2) is 29.1 Å². The molecule has 0 unspecified atom stereocenters. The summed E-state index contributed by atoms with van der Waals surface area (Å²) in [6.07, 6.45) is 0. The number of benzene rings is 1. The van der Waals surface area contributed by atoms with E-state index in [1.165, 1.54) is 25.3 Å². The number of carbonyl (C=O) groups is 2. The number of aromatic carboxylic acids is 1. The zero-order chi connectivity index (χ0) is 15.6. The predicted octanol–water partition coefficient (Wildman–Crippen LogP) is 2.25. The zero-order valence-corrected chi connectivity index (χ0v) is 11.8. The number of nitrogens with zero attached hydrogens (tertiary/aromatic N) is 1. The van der Waals surface area contributed by atoms with Crippen LogP contribution in [0.4, 0.5) is 5.69 Å². The van der Waals surface area contributed by atoms with Gasteiger partial charge in [-0.2, -0.15) is 0 Å². The number of methoxy groups -OCH3 is 1. The highest BCUT2D eigenvalue weighted by molar-refractivity contribution is 6.07. The second kappa shape index (κ2) is 5.66. The molecule has 0 radical (unpaired) electrons. The van der Waals surface area contributed by atoms with Gasteiger partial charge in [0.2, 0.25) is 5.76 Å². The number of carboxylic acids is 1. The Kier molecular flexibility index (Phi) is 3.93. The third-order valence-electron chi connectivity index (χ3n) is 2.82. The first-order chi connectivity index (χ1) is 9.92. The summed E-state index contributed by atoms with van der Waals surface area (Å²) in [5, 5.41) is 11.6. The Balaban J connectivity index is 2.35. The molecule has 2 rings (SSSR count). The van der Waals surface area contributed by atoms with E-state index < -0.39 is 11.9 Å². The molecular weight excluding hydrogens is 276 g/mol. The molecule has 2 N–H and O–H groups in total. The number of anilines is 1. The zero-order valence-electron chi connectivity index (χ0n) is 11.8. The minimum Gasteiger partial charge on any atom is -0.497 e. The number of carboxylic acid groups (broad SMARTS) is 1. The molecule has 0 saturated heterocycles. The van der Waals surface area contributed by atoms with Gasteiger partial charge in [-0.1, -0.05) is 0 Å². The number of ether oxygens (including phenoxy) is 1. The second-order valence-electron chi connectivity index (χ2n) is 4.32. The first kappa shape index (κ1) is 14.6. The van der Waals surface area contributed by atoms with E-state index >= 15 is 0 Å². The van der Waals surface area contributed by atoms with Crippen LogP contribution in [0, 0.1) is 13.8 Å². The smallest absolute Gasteiger partial charge is 0.337 e. The van der Waals surface area contributed by atoms with Crippen molar-refractivity contribution < 1.29 is 23.8 Å². The van der Waals surface area contributed by atoms with E-state index in [0.717, 1.165) is 0 Å². The maximum Gasteiger partial charge on any atom is 0.337 e. The highest BCUT2D eigenvalue weighted by Gasteiger charge is 2.19. The van der Waals surface area contributed by atoms with Gasteiger partial charge in [0.1, 0.15) is 5.75 Å². The molecule has 2 aromatic rings. The fourth-order valence-electron chi connectivity index (χ4n) is 1.86. The van der Waals surface area contributed by atoms with E-state index in [2.05, 4.69) is 10.3 Å². The SMILES string of the molecule is COc1ccc(C(=O)O)c(NC(=O)c2oc(C)nc2C)c1. The number of oxazole rings is 1. The van der Waals surface area contributed by atoms with E-state index in [0.29, 0.717) is 17.3 Å². The summed E-state index contributed by atoms with van der Waals surface area (Å²) in [7, 11) is 1.45. The highest BCUT2D eigenvalue weighted by Crippen LogP contribution is 2.23. The summed E-state index contributed by atoms with van der Waals surface area (Å²) in [6.45, 7) is 3.26. The Morgan fingerprint density at radius 1 is 1.33 bits per heavy atom. The van der Waals surface area contributed by atoms with Crippen molar-refractivity contribution in [1.82, 2.24) is 4.98 Å². The Hall–Kier alpha value is -2.83. The quantitative estimate of drug-likeness (QED) is 0.895. The lowest BCUT2D eigenvalue weighted by Gasteiger charge is -2.09. The molecule has 1 aromatic carbocycles. The Labute approximate surface area is 120 Å². The number of nitrogens with one attached hydrogen (secondary N) is 1. The Morgan fingerprint density at radius 2 is 2.05 bits per heavy atom. The molecule has 7 heteroatoms. The molecule has 7 nitrogen and oxygen atoms in total. The van der Waals surface area contributed by atoms with Crippen LogP contribution in [0.3, 0.4) is 0 Å². The van der Waals surface area contributed by atoms with Crippen molar-refractivity contribution in [2.24, 2.45) is 0 Å². The van der Waals surface area contributed by atoms with E-state index in [1.807, 2.05) is 0 Å². The maximum absolute atomic E-state index is 12.1. The van der Waals surface area contributed by atoms with Gasteiger partial charge in [0.15, 0.2) is 5.89 Å². The van der Waals surface area contributed by atoms with Gasteiger partial charge in [-0.3, -0.25) is 4.79 Å². The van der Waals surface area contributed by atoms with Crippen molar-refractivity contribution in [2.45, 2.75) is 13.8 Å². The van der Waals surface area contributed by atoms with Crippen LogP contribution in [0.1, 0.15) is 32.5 Å². The van der Waals surface area contributed by atoms with Gasteiger partial charge >= 0.3 is 5.97 Å². The molecule has 0 spiro atoms. The van der Waals surface area contributed by atoms with Crippen molar-refractivity contribution in [2.75, 3.05) is 12.4 Å². The summed E-state index contributed by atoms with van der Waals surface area (Å²) >= 11 is 0. The summed E-state index contributed by atoms with van der Waals surface area (Å²) in [5.41, 5.74) is 0.517. The van der Waals surface area contributed by atoms with Gasteiger partial charge in [0.05, 0.1) is 24.1 Å². The number of aryl methyl sites for hydroxylation is 2. The van der Waals surface area contributed by atoms with Crippen molar-refractivity contribution in [3.05, 3.63) is 41.1 Å². The first-order valence-electron chi connectivity index (χ1n) is 6.09. The molecule has 110 valence electrons. The summed E-state index contributed by atoms with van der Waals surface area (Å²) in [4.78, 5) is 27.3. The molecular formula is C14H14N2O5. The number of hydrogen-bond donors (Lipinski definition) is 2. The fraction of sp³-hybridized carbons (Fsp3) is 0.214. The number of amides is 1. The van der Waals surface area contributed by atoms with Crippen LogP contribution in [0.15, 0.2) is 22.6 Å². The molecule has 0 aliphatic rings. The Bertz CT molecular complexity index is 705. The molecule has 0 atom stereocenters. The van der Waals surface area contributed by atoms with Gasteiger partial charge < -0.3 is 19.6 Å². The normalized spacial score (nSPS) is 10.2. The van der Waals surface area contributed by atoms with Crippen LogP contribution >= 0.6 is 0 Å². The van der Waals surface area contributed by atoms with E-state index in [1.54, 1.807) is 13.8 Å². The third-order valence-corrected chi connectivity index (χ3v) is 2.82. The number of aromatic nitrogens is 1. The molecule has 21 heavy (non-hydrogen) atoms. The summed E-state index contributed by atoms with van der Waals surface area (Å²) in [6, 6.07) is 4.29. The van der Waals surface area contributed by atoms with E-state index in [-0.39, 0.29) is 17.0 Å². The van der Waals surface area contributed by atoms with Crippen molar-refractivity contribution in [3.8, 4) is 5.75 Å². The molecule has 1 aromatic heterocycles. The monoisotopic (exact) mass is 290 g/mol. The Morgan fingerprint density at radius 3 is 2.57 bits per heavy atom. The van der Waals surface area contributed by atoms with E-state index in [4.69, 9.17) is 14.3 Å². The average Bonchev–Trinajstić information content (AvgIpc) is 2.77. The van der Waals surface area contributed by atoms with Gasteiger partial charge in [-0.15, -0.1) is 0 Å². The van der Waals surface area contributed by atoms with Crippen molar-refractivity contribution >= 4 is 17.6 Å². The lowest BCUT2D eigenvalue weighted by atomic mass is 10.1. The number of rotatable bonds is 4. The number of carbonyl (C=O) groups excluding carboxylic acids is 1. The molecule has 0 fully saturated rings. The molecule has 1 amide bonds. The largest absolute Gasteiger partial charge is 0.497 e. The minimum atomic E-state index is -1.15. The van der Waals surface area contributed by atoms with Crippen LogP contribution in [-0.2, 0) is 0 Å². The fourth-order valence-corrected chi connectivity index (χ4v) is 1.86. The molecule has 0 aliphatic heterocycles. The van der Waals surface area contributed by atoms with Crippen LogP contribution in [0.5, 0.6) is 5.75 Å². The van der Waals surface area contributed by atoms with Crippen molar-refractivity contribution in [3.63, 3.8) is 0 Å². The maximum atomic E-state index is 12.1. The summed E-state index contributed by atoms with van der Waals surface area (Å²) in [5.74, 6) is -0.878. The second-order valence-corrected chi connectivity index (χ2v) is 4.32.